The van der Waals surface area contributed by atoms with Crippen molar-refractivity contribution in [2.45, 2.75) is 20.4 Å². The lowest BCUT2D eigenvalue weighted by molar-refractivity contribution is 0.208. The molecule has 146 valence electrons. The number of carbonyl (C=O) groups excluding carboxylic acids is 1. The number of nitrogens with zero attached hydrogens (tertiary/aromatic N) is 4. The minimum atomic E-state index is -0.0402. The molecular formula is C22H27N5O. The van der Waals surface area contributed by atoms with E-state index in [2.05, 4.69) is 46.8 Å². The average molecular weight is 377 g/mol. The normalized spacial score (nSPS) is 14.7. The van der Waals surface area contributed by atoms with E-state index in [0.717, 1.165) is 36.8 Å². The zero-order valence-electron chi connectivity index (χ0n) is 16.5. The van der Waals surface area contributed by atoms with E-state index in [4.69, 9.17) is 4.98 Å². The second-order valence-corrected chi connectivity index (χ2v) is 7.68. The van der Waals surface area contributed by atoms with E-state index in [1.807, 2.05) is 41.3 Å². The quantitative estimate of drug-likeness (QED) is 0.746. The third-order valence-electron chi connectivity index (χ3n) is 5.06. The number of piperazine rings is 1. The van der Waals surface area contributed by atoms with E-state index < -0.39 is 0 Å². The number of amides is 2. The summed E-state index contributed by atoms with van der Waals surface area (Å²) in [5.41, 5.74) is 3.03. The van der Waals surface area contributed by atoms with Gasteiger partial charge in [0.05, 0.1) is 11.0 Å². The Balaban J connectivity index is 1.47. The summed E-state index contributed by atoms with van der Waals surface area (Å²) in [6, 6.07) is 17.9. The zero-order chi connectivity index (χ0) is 19.5. The minimum absolute atomic E-state index is 0.0402. The Morgan fingerprint density at radius 1 is 1.00 bits per heavy atom. The van der Waals surface area contributed by atoms with Crippen LogP contribution in [0.3, 0.4) is 0 Å². The zero-order valence-corrected chi connectivity index (χ0v) is 16.5. The van der Waals surface area contributed by atoms with E-state index in [-0.39, 0.29) is 6.03 Å². The maximum Gasteiger partial charge on any atom is 0.321 e. The maximum atomic E-state index is 12.5. The van der Waals surface area contributed by atoms with Crippen LogP contribution in [0.15, 0.2) is 54.6 Å². The molecule has 0 bridgehead atoms. The van der Waals surface area contributed by atoms with E-state index in [1.54, 1.807) is 0 Å². The Morgan fingerprint density at radius 3 is 2.39 bits per heavy atom. The molecule has 0 unspecified atom stereocenters. The lowest BCUT2D eigenvalue weighted by Gasteiger charge is -2.35. The molecule has 0 atom stereocenters. The van der Waals surface area contributed by atoms with E-state index in [1.165, 1.54) is 5.52 Å². The van der Waals surface area contributed by atoms with Crippen molar-refractivity contribution in [1.29, 1.82) is 0 Å². The first-order valence-corrected chi connectivity index (χ1v) is 9.93. The molecule has 1 fully saturated rings. The number of hydrogen-bond acceptors (Lipinski definition) is 3. The van der Waals surface area contributed by atoms with Gasteiger partial charge in [-0.3, -0.25) is 0 Å². The molecule has 2 amide bonds. The molecule has 0 radical (unpaired) electrons. The molecule has 2 heterocycles. The molecule has 1 saturated heterocycles. The number of fused-ring (bicyclic) bond motifs is 1. The summed E-state index contributed by atoms with van der Waals surface area (Å²) in [4.78, 5) is 21.6. The number of para-hydroxylation sites is 3. The molecule has 0 aliphatic carbocycles. The van der Waals surface area contributed by atoms with Crippen LogP contribution in [0.25, 0.3) is 11.0 Å². The van der Waals surface area contributed by atoms with Crippen molar-refractivity contribution in [1.82, 2.24) is 14.5 Å². The Bertz CT molecular complexity index is 942. The minimum Gasteiger partial charge on any atom is -0.339 e. The molecule has 1 aromatic heterocycles. The molecule has 0 spiro atoms. The molecule has 0 saturated carbocycles. The predicted molar refractivity (Wildman–Crippen MR) is 114 cm³/mol. The summed E-state index contributed by atoms with van der Waals surface area (Å²) in [6.07, 6.45) is 0. The first kappa shape index (κ1) is 18.3. The monoisotopic (exact) mass is 377 g/mol. The van der Waals surface area contributed by atoms with Crippen LogP contribution >= 0.6 is 0 Å². The Morgan fingerprint density at radius 2 is 1.68 bits per heavy atom. The van der Waals surface area contributed by atoms with Crippen molar-refractivity contribution in [3.05, 3.63) is 54.6 Å². The fourth-order valence-corrected chi connectivity index (χ4v) is 3.68. The highest BCUT2D eigenvalue weighted by Crippen LogP contribution is 2.25. The summed E-state index contributed by atoms with van der Waals surface area (Å²) in [5.74, 6) is 1.55. The highest BCUT2D eigenvalue weighted by Gasteiger charge is 2.25. The van der Waals surface area contributed by atoms with Crippen LogP contribution in [0.4, 0.5) is 16.4 Å². The van der Waals surface area contributed by atoms with Gasteiger partial charge in [-0.05, 0) is 30.2 Å². The van der Waals surface area contributed by atoms with Gasteiger partial charge in [-0.25, -0.2) is 9.78 Å². The summed E-state index contributed by atoms with van der Waals surface area (Å²) < 4.78 is 2.32. The second kappa shape index (κ2) is 7.92. The molecule has 1 aliphatic heterocycles. The number of urea groups is 1. The van der Waals surface area contributed by atoms with Crippen LogP contribution in [0.2, 0.25) is 0 Å². The van der Waals surface area contributed by atoms with Crippen molar-refractivity contribution in [2.75, 3.05) is 36.4 Å². The van der Waals surface area contributed by atoms with Crippen molar-refractivity contribution in [2.24, 2.45) is 5.92 Å². The van der Waals surface area contributed by atoms with Crippen molar-refractivity contribution >= 4 is 28.7 Å². The van der Waals surface area contributed by atoms with Crippen LogP contribution in [-0.4, -0.2) is 46.7 Å². The fraction of sp³-hybridized carbons (Fsp3) is 0.364. The van der Waals surface area contributed by atoms with Gasteiger partial charge in [0.25, 0.3) is 0 Å². The lowest BCUT2D eigenvalue weighted by Crippen LogP contribution is -2.50. The highest BCUT2D eigenvalue weighted by atomic mass is 16.2. The van der Waals surface area contributed by atoms with Gasteiger partial charge in [-0.2, -0.15) is 0 Å². The van der Waals surface area contributed by atoms with Gasteiger partial charge in [0.1, 0.15) is 0 Å². The van der Waals surface area contributed by atoms with Crippen molar-refractivity contribution in [3.8, 4) is 0 Å². The lowest BCUT2D eigenvalue weighted by atomic mass is 10.2. The first-order valence-electron chi connectivity index (χ1n) is 9.93. The average Bonchev–Trinajstić information content (AvgIpc) is 3.07. The number of carbonyl (C=O) groups is 1. The standard InChI is InChI=1S/C22H27N5O/c1-17(2)16-27-20-11-7-6-10-19(20)24-21(27)25-12-14-26(15-13-25)22(28)23-18-8-4-3-5-9-18/h3-11,17H,12-16H2,1-2H3,(H,23,28). The van der Waals surface area contributed by atoms with E-state index in [0.29, 0.717) is 19.0 Å². The maximum absolute atomic E-state index is 12.5. The molecule has 2 aromatic carbocycles. The highest BCUT2D eigenvalue weighted by molar-refractivity contribution is 5.89. The van der Waals surface area contributed by atoms with Crippen molar-refractivity contribution in [3.63, 3.8) is 0 Å². The predicted octanol–water partition coefficient (Wildman–Crippen LogP) is 4.05. The second-order valence-electron chi connectivity index (χ2n) is 7.68. The van der Waals surface area contributed by atoms with Crippen LogP contribution in [0, 0.1) is 5.92 Å². The summed E-state index contributed by atoms with van der Waals surface area (Å²) in [6.45, 7) is 8.32. The molecule has 1 N–H and O–H groups in total. The number of rotatable bonds is 4. The van der Waals surface area contributed by atoms with Crippen LogP contribution in [0.5, 0.6) is 0 Å². The molecule has 4 rings (SSSR count). The Hall–Kier alpha value is -3.02. The smallest absolute Gasteiger partial charge is 0.321 e. The Labute approximate surface area is 165 Å². The Kier molecular flexibility index (Phi) is 5.19. The molecule has 6 nitrogen and oxygen atoms in total. The summed E-state index contributed by atoms with van der Waals surface area (Å²) in [5, 5.41) is 2.97. The van der Waals surface area contributed by atoms with Gasteiger partial charge in [-0.15, -0.1) is 0 Å². The van der Waals surface area contributed by atoms with Gasteiger partial charge in [-0.1, -0.05) is 44.2 Å². The number of imidazole rings is 1. The SMILES string of the molecule is CC(C)Cn1c(N2CCN(C(=O)Nc3ccccc3)CC2)nc2ccccc21. The van der Waals surface area contributed by atoms with E-state index in [9.17, 15) is 4.79 Å². The van der Waals surface area contributed by atoms with E-state index >= 15 is 0 Å². The van der Waals surface area contributed by atoms with Crippen molar-refractivity contribution < 1.29 is 4.79 Å². The molecule has 3 aromatic rings. The molecule has 28 heavy (non-hydrogen) atoms. The molecule has 1 aliphatic rings. The number of benzene rings is 2. The summed E-state index contributed by atoms with van der Waals surface area (Å²) >= 11 is 0. The van der Waals surface area contributed by atoms with Gasteiger partial charge < -0.3 is 19.7 Å². The fourth-order valence-electron chi connectivity index (χ4n) is 3.68. The van der Waals surface area contributed by atoms with Crippen LogP contribution in [-0.2, 0) is 6.54 Å². The molecule has 6 heteroatoms. The molecular weight excluding hydrogens is 350 g/mol. The van der Waals surface area contributed by atoms with Gasteiger partial charge in [0.2, 0.25) is 5.95 Å². The third-order valence-corrected chi connectivity index (χ3v) is 5.06. The largest absolute Gasteiger partial charge is 0.339 e. The number of hydrogen-bond donors (Lipinski definition) is 1. The number of nitrogens with one attached hydrogen (secondary N) is 1. The topological polar surface area (TPSA) is 53.4 Å². The number of aromatic nitrogens is 2. The summed E-state index contributed by atoms with van der Waals surface area (Å²) in [7, 11) is 0. The van der Waals surface area contributed by atoms with Crippen LogP contribution < -0.4 is 10.2 Å². The first-order chi connectivity index (χ1) is 13.6. The number of anilines is 2. The van der Waals surface area contributed by atoms with Gasteiger partial charge >= 0.3 is 6.03 Å². The van der Waals surface area contributed by atoms with Gasteiger partial charge in [0, 0.05) is 38.4 Å². The van der Waals surface area contributed by atoms with Crippen LogP contribution in [0.1, 0.15) is 13.8 Å². The van der Waals surface area contributed by atoms with Gasteiger partial charge in [0.15, 0.2) is 0 Å². The third kappa shape index (κ3) is 3.81.